The maximum absolute atomic E-state index is 12.5. The van der Waals surface area contributed by atoms with Gasteiger partial charge in [-0.25, -0.2) is 4.99 Å². The third kappa shape index (κ3) is 6.56. The number of nitrogens with zero attached hydrogens (tertiary/aromatic N) is 2. The molecule has 0 bridgehead atoms. The Morgan fingerprint density at radius 1 is 1.08 bits per heavy atom. The second-order valence-corrected chi connectivity index (χ2v) is 9.75. The lowest BCUT2D eigenvalue weighted by atomic mass is 10.1. The third-order valence-corrected chi connectivity index (χ3v) is 6.96. The summed E-state index contributed by atoms with van der Waals surface area (Å²) in [6, 6.07) is 14.4. The summed E-state index contributed by atoms with van der Waals surface area (Å²) < 4.78 is 11.6. The maximum atomic E-state index is 12.5. The summed E-state index contributed by atoms with van der Waals surface area (Å²) >= 11 is 19.9. The molecule has 0 atom stereocenters. The number of amides is 1. The number of rotatable bonds is 8. The molecule has 1 aliphatic rings. The molecule has 8 nitrogen and oxygen atoms in total. The zero-order valence-corrected chi connectivity index (χ0v) is 22.2. The van der Waals surface area contributed by atoms with E-state index >= 15 is 0 Å². The smallest absolute Gasteiger partial charge is 0.269 e. The van der Waals surface area contributed by atoms with Crippen molar-refractivity contribution in [2.75, 3.05) is 6.61 Å². The first-order valence-electron chi connectivity index (χ1n) is 10.8. The highest BCUT2D eigenvalue weighted by atomic mass is 35.5. The number of hydrogen-bond donors (Lipinski definition) is 1. The number of nitro groups is 1. The molecular weight excluding hydrogens is 561 g/mol. The van der Waals surface area contributed by atoms with Crippen molar-refractivity contribution in [1.29, 1.82) is 0 Å². The molecule has 0 aliphatic carbocycles. The number of nitrogens with one attached hydrogen (secondary N) is 1. The van der Waals surface area contributed by atoms with Crippen LogP contribution in [-0.4, -0.2) is 22.6 Å². The van der Waals surface area contributed by atoms with E-state index in [0.29, 0.717) is 49.5 Å². The Labute approximate surface area is 231 Å². The number of aliphatic imine (C=N–C) groups is 1. The van der Waals surface area contributed by atoms with Gasteiger partial charge in [-0.15, -0.1) is 0 Å². The van der Waals surface area contributed by atoms with Crippen LogP contribution in [0.25, 0.3) is 6.08 Å². The topological polar surface area (TPSA) is 103 Å². The van der Waals surface area contributed by atoms with Gasteiger partial charge in [-0.1, -0.05) is 40.9 Å². The molecular formula is C25H18Cl3N3O5S. The van der Waals surface area contributed by atoms with E-state index in [4.69, 9.17) is 44.3 Å². The first-order chi connectivity index (χ1) is 17.7. The largest absolute Gasteiger partial charge is 0.490 e. The summed E-state index contributed by atoms with van der Waals surface area (Å²) in [6.07, 6.45) is 1.66. The predicted molar refractivity (Wildman–Crippen MR) is 147 cm³/mol. The highest BCUT2D eigenvalue weighted by Crippen LogP contribution is 2.39. The highest BCUT2D eigenvalue weighted by molar-refractivity contribution is 8.18. The fourth-order valence-electron chi connectivity index (χ4n) is 3.26. The Balaban J connectivity index is 1.55. The average molecular weight is 579 g/mol. The van der Waals surface area contributed by atoms with Gasteiger partial charge in [0.15, 0.2) is 16.7 Å². The van der Waals surface area contributed by atoms with E-state index in [0.717, 1.165) is 17.3 Å². The number of amidine groups is 1. The molecule has 12 heteroatoms. The Kier molecular flexibility index (Phi) is 8.60. The lowest BCUT2D eigenvalue weighted by molar-refractivity contribution is -0.384. The Morgan fingerprint density at radius 2 is 1.84 bits per heavy atom. The van der Waals surface area contributed by atoms with Gasteiger partial charge in [0, 0.05) is 12.1 Å². The minimum absolute atomic E-state index is 0.00753. The molecule has 3 aromatic carbocycles. The quantitative estimate of drug-likeness (QED) is 0.169. The first-order valence-corrected chi connectivity index (χ1v) is 12.8. The summed E-state index contributed by atoms with van der Waals surface area (Å²) in [6.45, 7) is 2.31. The zero-order chi connectivity index (χ0) is 26.5. The van der Waals surface area contributed by atoms with Crippen LogP contribution in [0.5, 0.6) is 11.5 Å². The molecule has 0 unspecified atom stereocenters. The molecule has 1 saturated heterocycles. The minimum Gasteiger partial charge on any atom is -0.490 e. The van der Waals surface area contributed by atoms with Crippen LogP contribution in [0.3, 0.4) is 0 Å². The van der Waals surface area contributed by atoms with E-state index in [9.17, 15) is 14.9 Å². The molecule has 1 aliphatic heterocycles. The summed E-state index contributed by atoms with van der Waals surface area (Å²) in [5.41, 5.74) is 1.78. The average Bonchev–Trinajstić information content (AvgIpc) is 3.20. The molecule has 37 heavy (non-hydrogen) atoms. The van der Waals surface area contributed by atoms with Crippen LogP contribution in [0.15, 0.2) is 64.5 Å². The summed E-state index contributed by atoms with van der Waals surface area (Å²) in [7, 11) is 0. The van der Waals surface area contributed by atoms with Crippen LogP contribution in [0, 0.1) is 10.1 Å². The second-order valence-electron chi connectivity index (χ2n) is 7.53. The van der Waals surface area contributed by atoms with Gasteiger partial charge >= 0.3 is 0 Å². The zero-order valence-electron chi connectivity index (χ0n) is 19.2. The summed E-state index contributed by atoms with van der Waals surface area (Å²) in [4.78, 5) is 27.7. The minimum atomic E-state index is -0.466. The molecule has 1 fully saturated rings. The third-order valence-electron chi connectivity index (χ3n) is 4.96. The number of hydrogen-bond acceptors (Lipinski definition) is 7. The lowest BCUT2D eigenvalue weighted by Crippen LogP contribution is -2.19. The molecule has 0 saturated carbocycles. The van der Waals surface area contributed by atoms with Crippen molar-refractivity contribution in [3.63, 3.8) is 0 Å². The Morgan fingerprint density at radius 3 is 2.54 bits per heavy atom. The predicted octanol–water partition coefficient (Wildman–Crippen LogP) is 7.42. The standard InChI is InChI=1S/C25H18Cl3N3O5S/c1-2-35-20-11-15(10-18(27)23(20)36-13-14-6-8-16(9-7-14)31(33)34)12-21-24(32)30-25(37-21)29-19-5-3-4-17(26)22(19)28/h3-12H,2,13H2,1H3,(H,29,30,32)/b21-12+. The number of carbonyl (C=O) groups excluding carboxylic acids is 1. The van der Waals surface area contributed by atoms with Crippen molar-refractivity contribution in [3.05, 3.63) is 95.8 Å². The first kappa shape index (κ1) is 26.8. The number of non-ortho nitro benzene ring substituents is 1. The van der Waals surface area contributed by atoms with Gasteiger partial charge < -0.3 is 14.8 Å². The second kappa shape index (κ2) is 11.9. The fourth-order valence-corrected chi connectivity index (χ4v) is 4.71. The van der Waals surface area contributed by atoms with Gasteiger partial charge in [0.1, 0.15) is 6.61 Å². The van der Waals surface area contributed by atoms with Gasteiger partial charge in [-0.3, -0.25) is 14.9 Å². The van der Waals surface area contributed by atoms with Gasteiger partial charge in [0.05, 0.1) is 37.2 Å². The molecule has 1 N–H and O–H groups in total. The van der Waals surface area contributed by atoms with Gasteiger partial charge in [-0.05, 0) is 72.3 Å². The summed E-state index contributed by atoms with van der Waals surface area (Å²) in [5.74, 6) is 0.395. The van der Waals surface area contributed by atoms with Crippen molar-refractivity contribution in [2.24, 2.45) is 4.99 Å². The number of benzene rings is 3. The van der Waals surface area contributed by atoms with Crippen LogP contribution < -0.4 is 14.8 Å². The van der Waals surface area contributed by atoms with Crippen molar-refractivity contribution in [2.45, 2.75) is 13.5 Å². The van der Waals surface area contributed by atoms with Crippen molar-refractivity contribution < 1.29 is 19.2 Å². The molecule has 1 heterocycles. The van der Waals surface area contributed by atoms with E-state index in [-0.39, 0.29) is 23.2 Å². The van der Waals surface area contributed by atoms with Gasteiger partial charge in [0.25, 0.3) is 11.6 Å². The molecule has 0 spiro atoms. The molecule has 190 valence electrons. The van der Waals surface area contributed by atoms with E-state index in [1.807, 2.05) is 6.92 Å². The molecule has 4 rings (SSSR count). The number of carbonyl (C=O) groups is 1. The molecule has 1 amide bonds. The molecule has 0 radical (unpaired) electrons. The van der Waals surface area contributed by atoms with Gasteiger partial charge in [0.2, 0.25) is 0 Å². The monoisotopic (exact) mass is 577 g/mol. The van der Waals surface area contributed by atoms with Gasteiger partial charge in [-0.2, -0.15) is 0 Å². The molecule has 0 aromatic heterocycles. The van der Waals surface area contributed by atoms with Crippen LogP contribution >= 0.6 is 46.6 Å². The van der Waals surface area contributed by atoms with Crippen molar-refractivity contribution in [1.82, 2.24) is 5.32 Å². The number of thioether (sulfide) groups is 1. The van der Waals surface area contributed by atoms with E-state index in [1.165, 1.54) is 12.1 Å². The van der Waals surface area contributed by atoms with Crippen LogP contribution in [0.2, 0.25) is 15.1 Å². The van der Waals surface area contributed by atoms with E-state index < -0.39 is 4.92 Å². The lowest BCUT2D eigenvalue weighted by Gasteiger charge is -2.14. The normalized spacial score (nSPS) is 15.2. The van der Waals surface area contributed by atoms with Crippen LogP contribution in [-0.2, 0) is 11.4 Å². The summed E-state index contributed by atoms with van der Waals surface area (Å²) in [5, 5.41) is 14.9. The molecule has 3 aromatic rings. The number of ether oxygens (including phenoxy) is 2. The Bertz CT molecular complexity index is 1430. The van der Waals surface area contributed by atoms with Crippen LogP contribution in [0.4, 0.5) is 11.4 Å². The van der Waals surface area contributed by atoms with Crippen LogP contribution in [0.1, 0.15) is 18.1 Å². The maximum Gasteiger partial charge on any atom is 0.269 e. The fraction of sp³-hybridized carbons (Fsp3) is 0.120. The van der Waals surface area contributed by atoms with Crippen molar-refractivity contribution >= 4 is 75.1 Å². The number of nitro benzene ring substituents is 1. The highest BCUT2D eigenvalue weighted by Gasteiger charge is 2.25. The number of halogens is 3. The SMILES string of the molecule is CCOc1cc(/C=C2/SC(=Nc3cccc(Cl)c3Cl)NC2=O)cc(Cl)c1OCc1ccc([N+](=O)[O-])cc1. The van der Waals surface area contributed by atoms with Crippen molar-refractivity contribution in [3.8, 4) is 11.5 Å². The Hall–Kier alpha value is -3.24. The van der Waals surface area contributed by atoms with E-state index in [2.05, 4.69) is 10.3 Å². The van der Waals surface area contributed by atoms with E-state index in [1.54, 1.807) is 48.5 Å².